The lowest BCUT2D eigenvalue weighted by Gasteiger charge is -2.13. The van der Waals surface area contributed by atoms with E-state index < -0.39 is 6.10 Å². The van der Waals surface area contributed by atoms with E-state index in [0.29, 0.717) is 6.54 Å². The lowest BCUT2D eigenvalue weighted by atomic mass is 10.1. The topological polar surface area (TPSA) is 95.1 Å². The number of aryl methyl sites for hydroxylation is 1. The van der Waals surface area contributed by atoms with Gasteiger partial charge in [-0.05, 0) is 49.9 Å². The summed E-state index contributed by atoms with van der Waals surface area (Å²) in [6.07, 6.45) is 5.72. The lowest BCUT2D eigenvalue weighted by Crippen LogP contribution is -2.29. The largest absolute Gasteiger partial charge is 0.364 e. The number of nitrogens with one attached hydrogen (secondary N) is 1. The van der Waals surface area contributed by atoms with Gasteiger partial charge in [0.1, 0.15) is 11.9 Å². The summed E-state index contributed by atoms with van der Waals surface area (Å²) in [6.45, 7) is 1.43. The van der Waals surface area contributed by atoms with Crippen molar-refractivity contribution in [3.63, 3.8) is 0 Å². The molecule has 0 saturated carbocycles. The van der Waals surface area contributed by atoms with Crippen molar-refractivity contribution < 1.29 is 9.53 Å². The molecule has 0 unspecified atom stereocenters. The van der Waals surface area contributed by atoms with Crippen LogP contribution in [0.3, 0.4) is 0 Å². The maximum atomic E-state index is 12.3. The molecule has 1 amide bonds. The molecule has 146 valence electrons. The minimum absolute atomic E-state index is 0. The maximum absolute atomic E-state index is 12.3. The van der Waals surface area contributed by atoms with Gasteiger partial charge in [-0.3, -0.25) is 4.79 Å². The molecule has 1 aromatic carbocycles. The highest BCUT2D eigenvalue weighted by Crippen LogP contribution is 2.25. The molecule has 0 radical (unpaired) electrons. The summed E-state index contributed by atoms with van der Waals surface area (Å²) in [7, 11) is 0. The van der Waals surface area contributed by atoms with Crippen LogP contribution in [-0.2, 0) is 22.5 Å². The van der Waals surface area contributed by atoms with Crippen LogP contribution in [0, 0.1) is 0 Å². The van der Waals surface area contributed by atoms with Gasteiger partial charge in [0.25, 0.3) is 5.91 Å². The Labute approximate surface area is 165 Å². The van der Waals surface area contributed by atoms with E-state index in [1.165, 1.54) is 12.8 Å². The second kappa shape index (κ2) is 8.82. The molecule has 2 aliphatic heterocycles. The van der Waals surface area contributed by atoms with Crippen molar-refractivity contribution in [1.82, 2.24) is 14.8 Å². The van der Waals surface area contributed by atoms with Crippen molar-refractivity contribution in [2.24, 2.45) is 5.73 Å². The molecule has 0 bridgehead atoms. The van der Waals surface area contributed by atoms with Crippen LogP contribution in [0.1, 0.15) is 37.9 Å². The van der Waals surface area contributed by atoms with Crippen LogP contribution in [0.4, 0.5) is 5.69 Å². The van der Waals surface area contributed by atoms with Gasteiger partial charge in [0.05, 0.1) is 6.10 Å². The molecule has 1 saturated heterocycles. The van der Waals surface area contributed by atoms with Gasteiger partial charge in [0.15, 0.2) is 5.82 Å². The van der Waals surface area contributed by atoms with Crippen LogP contribution >= 0.6 is 12.4 Å². The number of benzene rings is 1. The first-order chi connectivity index (χ1) is 12.7. The van der Waals surface area contributed by atoms with Crippen LogP contribution in [0.25, 0.3) is 11.4 Å². The van der Waals surface area contributed by atoms with Crippen LogP contribution in [-0.4, -0.2) is 39.4 Å². The highest BCUT2D eigenvalue weighted by atomic mass is 35.5. The number of fused-ring (bicyclic) bond motifs is 1. The fourth-order valence-corrected chi connectivity index (χ4v) is 3.70. The number of rotatable bonds is 4. The fraction of sp³-hybridized carbons (Fsp3) is 0.526. The third-order valence-electron chi connectivity index (χ3n) is 5.18. The van der Waals surface area contributed by atoms with E-state index in [1.54, 1.807) is 0 Å². The van der Waals surface area contributed by atoms with Gasteiger partial charge in [0, 0.05) is 30.8 Å². The quantitative estimate of drug-likeness (QED) is 0.835. The van der Waals surface area contributed by atoms with Crippen molar-refractivity contribution >= 4 is 24.0 Å². The highest BCUT2D eigenvalue weighted by molar-refractivity contribution is 5.94. The molecule has 8 heteroatoms. The number of hydrogen-bond donors (Lipinski definition) is 2. The Bertz CT molecular complexity index is 777. The van der Waals surface area contributed by atoms with Gasteiger partial charge in [-0.1, -0.05) is 6.42 Å². The first-order valence-electron chi connectivity index (χ1n) is 9.43. The first kappa shape index (κ1) is 19.8. The molecule has 0 aliphatic carbocycles. The van der Waals surface area contributed by atoms with Gasteiger partial charge in [-0.2, -0.15) is 0 Å². The SMILES string of the molecule is Cl.NC[C@H]1CC[C@@H](C(=O)Nc2ccc(-c3nnc4n3CCCCC4)cc2)O1. The van der Waals surface area contributed by atoms with Gasteiger partial charge >= 0.3 is 0 Å². The summed E-state index contributed by atoms with van der Waals surface area (Å²) >= 11 is 0. The van der Waals surface area contributed by atoms with Crippen molar-refractivity contribution in [1.29, 1.82) is 0 Å². The van der Waals surface area contributed by atoms with E-state index in [0.717, 1.165) is 55.1 Å². The van der Waals surface area contributed by atoms with Crippen molar-refractivity contribution in [3.05, 3.63) is 30.1 Å². The third-order valence-corrected chi connectivity index (χ3v) is 5.18. The van der Waals surface area contributed by atoms with Gasteiger partial charge < -0.3 is 20.4 Å². The Morgan fingerprint density at radius 3 is 2.74 bits per heavy atom. The average Bonchev–Trinajstić information content (AvgIpc) is 3.24. The third kappa shape index (κ3) is 4.31. The van der Waals surface area contributed by atoms with Gasteiger partial charge in [0.2, 0.25) is 0 Å². The number of carbonyl (C=O) groups is 1. The molecule has 0 spiro atoms. The summed E-state index contributed by atoms with van der Waals surface area (Å²) < 4.78 is 7.86. The molecule has 2 aliphatic rings. The second-order valence-corrected chi connectivity index (χ2v) is 7.03. The van der Waals surface area contributed by atoms with E-state index in [9.17, 15) is 4.79 Å². The number of nitrogens with zero attached hydrogens (tertiary/aromatic N) is 3. The van der Waals surface area contributed by atoms with Crippen LogP contribution in [0.15, 0.2) is 24.3 Å². The number of halogens is 1. The minimum Gasteiger partial charge on any atom is -0.364 e. The van der Waals surface area contributed by atoms with Crippen LogP contribution in [0.5, 0.6) is 0 Å². The number of carbonyl (C=O) groups excluding carboxylic acids is 1. The Balaban J connectivity index is 0.00000210. The van der Waals surface area contributed by atoms with E-state index >= 15 is 0 Å². The zero-order valence-corrected chi connectivity index (χ0v) is 16.1. The average molecular weight is 392 g/mol. The zero-order chi connectivity index (χ0) is 17.9. The molecule has 7 nitrogen and oxygen atoms in total. The Morgan fingerprint density at radius 1 is 1.19 bits per heavy atom. The van der Waals surface area contributed by atoms with Gasteiger partial charge in [-0.15, -0.1) is 22.6 Å². The first-order valence-corrected chi connectivity index (χ1v) is 9.43. The van der Waals surface area contributed by atoms with Crippen LogP contribution < -0.4 is 11.1 Å². The molecule has 1 aromatic heterocycles. The van der Waals surface area contributed by atoms with Crippen LogP contribution in [0.2, 0.25) is 0 Å². The fourth-order valence-electron chi connectivity index (χ4n) is 3.70. The predicted octanol–water partition coefficient (Wildman–Crippen LogP) is 2.54. The molecule has 2 aromatic rings. The summed E-state index contributed by atoms with van der Waals surface area (Å²) in [5.74, 6) is 1.87. The summed E-state index contributed by atoms with van der Waals surface area (Å²) in [5, 5.41) is 11.6. The molecule has 27 heavy (non-hydrogen) atoms. The van der Waals surface area contributed by atoms with E-state index in [1.807, 2.05) is 24.3 Å². The number of aromatic nitrogens is 3. The van der Waals surface area contributed by atoms with Crippen molar-refractivity contribution in [2.45, 2.75) is 57.3 Å². The maximum Gasteiger partial charge on any atom is 0.253 e. The van der Waals surface area contributed by atoms with Gasteiger partial charge in [-0.25, -0.2) is 0 Å². The minimum atomic E-state index is -0.407. The zero-order valence-electron chi connectivity index (χ0n) is 15.3. The molecular formula is C19H26ClN5O2. The molecule has 4 rings (SSSR count). The summed E-state index contributed by atoms with van der Waals surface area (Å²) in [5.41, 5.74) is 7.38. The molecule has 1 fully saturated rings. The predicted molar refractivity (Wildman–Crippen MR) is 106 cm³/mol. The highest BCUT2D eigenvalue weighted by Gasteiger charge is 2.29. The molecule has 2 atom stereocenters. The van der Waals surface area contributed by atoms with E-state index in [4.69, 9.17) is 10.5 Å². The standard InChI is InChI=1S/C19H25N5O2.ClH/c20-12-15-9-10-16(26-15)19(25)21-14-7-5-13(6-8-14)18-23-22-17-4-2-1-3-11-24(17)18;/h5-8,15-16H,1-4,9-12,20H2,(H,21,25);1H/t15-,16+;/m1./s1. The number of anilines is 1. The number of amides is 1. The monoisotopic (exact) mass is 391 g/mol. The molecular weight excluding hydrogens is 366 g/mol. The van der Waals surface area contributed by atoms with Crippen molar-refractivity contribution in [3.8, 4) is 11.4 Å². The molecule has 3 N–H and O–H groups in total. The Kier molecular flexibility index (Phi) is 6.46. The smallest absolute Gasteiger partial charge is 0.253 e. The number of hydrogen-bond acceptors (Lipinski definition) is 5. The van der Waals surface area contributed by atoms with E-state index in [-0.39, 0.29) is 24.4 Å². The lowest BCUT2D eigenvalue weighted by molar-refractivity contribution is -0.126. The van der Waals surface area contributed by atoms with Crippen molar-refractivity contribution in [2.75, 3.05) is 11.9 Å². The normalized spacial score (nSPS) is 21.8. The van der Waals surface area contributed by atoms with E-state index in [2.05, 4.69) is 20.1 Å². The summed E-state index contributed by atoms with van der Waals surface area (Å²) in [6, 6.07) is 7.77. The Hall–Kier alpha value is -1.96. The second-order valence-electron chi connectivity index (χ2n) is 7.03. The number of ether oxygens (including phenoxy) is 1. The molecule has 3 heterocycles. The number of nitrogens with two attached hydrogens (primary N) is 1. The Morgan fingerprint density at radius 2 is 2.00 bits per heavy atom. The summed E-state index contributed by atoms with van der Waals surface area (Å²) in [4.78, 5) is 12.3.